The molecule has 0 spiro atoms. The molecule has 28 heavy (non-hydrogen) atoms. The van der Waals surface area contributed by atoms with Gasteiger partial charge in [-0.1, -0.05) is 6.42 Å². The molecular weight excluding hydrogens is 378 g/mol. The second-order valence-corrected chi connectivity index (χ2v) is 6.70. The van der Waals surface area contributed by atoms with Crippen LogP contribution in [0, 0.1) is 10.1 Å². The van der Waals surface area contributed by atoms with Crippen LogP contribution in [0.25, 0.3) is 0 Å². The van der Waals surface area contributed by atoms with Crippen molar-refractivity contribution in [2.24, 2.45) is 0 Å². The highest BCUT2D eigenvalue weighted by atomic mass is 16.8. The quantitative estimate of drug-likeness (QED) is 0.261. The van der Waals surface area contributed by atoms with E-state index in [-0.39, 0.29) is 31.9 Å². The van der Waals surface area contributed by atoms with E-state index in [1.807, 2.05) is 0 Å². The highest BCUT2D eigenvalue weighted by molar-refractivity contribution is 4.88. The third-order valence-electron chi connectivity index (χ3n) is 4.79. The van der Waals surface area contributed by atoms with Crippen LogP contribution in [0.15, 0.2) is 0 Å². The van der Waals surface area contributed by atoms with E-state index in [1.54, 1.807) is 0 Å². The Balaban J connectivity index is 2.12. The molecule has 2 rings (SSSR count). The highest BCUT2D eigenvalue weighted by Gasteiger charge is 2.47. The molecule has 1 saturated heterocycles. The Kier molecular flexibility index (Phi) is 10.5. The molecule has 0 amide bonds. The topological polar surface area (TPSA) is 117 Å². The Morgan fingerprint density at radius 1 is 0.893 bits per heavy atom. The fourth-order valence-corrected chi connectivity index (χ4v) is 3.48. The van der Waals surface area contributed by atoms with E-state index in [0.29, 0.717) is 12.8 Å². The molecule has 2 fully saturated rings. The summed E-state index contributed by atoms with van der Waals surface area (Å²) in [5.74, 6) is 0. The lowest BCUT2D eigenvalue weighted by atomic mass is 9.92. The number of nitro groups is 1. The van der Waals surface area contributed by atoms with Gasteiger partial charge in [0.1, 0.15) is 44.8 Å². The first-order valence-electron chi connectivity index (χ1n) is 9.34. The number of hydrogen-bond donors (Lipinski definition) is 0. The van der Waals surface area contributed by atoms with E-state index in [4.69, 9.17) is 37.9 Å². The van der Waals surface area contributed by atoms with Crippen molar-refractivity contribution >= 4 is 0 Å². The van der Waals surface area contributed by atoms with Crippen molar-refractivity contribution in [2.45, 2.75) is 62.4 Å². The predicted molar refractivity (Wildman–Crippen MR) is 94.1 cm³/mol. The van der Waals surface area contributed by atoms with E-state index >= 15 is 0 Å². The van der Waals surface area contributed by atoms with Crippen molar-refractivity contribution in [1.29, 1.82) is 0 Å². The van der Waals surface area contributed by atoms with Crippen molar-refractivity contribution in [2.75, 3.05) is 48.3 Å². The van der Waals surface area contributed by atoms with Gasteiger partial charge in [0.25, 0.3) is 0 Å². The van der Waals surface area contributed by atoms with Crippen LogP contribution in [0.1, 0.15) is 25.7 Å². The number of methoxy groups -OCH3 is 3. The van der Waals surface area contributed by atoms with Crippen molar-refractivity contribution in [3.63, 3.8) is 0 Å². The Morgan fingerprint density at radius 3 is 2.14 bits per heavy atom. The molecule has 164 valence electrons. The molecule has 2 aliphatic rings. The maximum atomic E-state index is 11.4. The highest BCUT2D eigenvalue weighted by Crippen LogP contribution is 2.30. The molecule has 11 heteroatoms. The molecule has 0 bridgehead atoms. The van der Waals surface area contributed by atoms with Crippen LogP contribution in [-0.4, -0.2) is 90.0 Å². The first-order valence-corrected chi connectivity index (χ1v) is 9.34. The Labute approximate surface area is 164 Å². The van der Waals surface area contributed by atoms with Crippen LogP contribution in [0.3, 0.4) is 0 Å². The van der Waals surface area contributed by atoms with Gasteiger partial charge in [-0.05, 0) is 12.8 Å². The van der Waals surface area contributed by atoms with Gasteiger partial charge < -0.3 is 37.9 Å². The first kappa shape index (κ1) is 23.4. The Bertz CT molecular complexity index is 454. The summed E-state index contributed by atoms with van der Waals surface area (Å²) in [5, 5.41) is 11.4. The van der Waals surface area contributed by atoms with Crippen LogP contribution in [0.5, 0.6) is 0 Å². The summed E-state index contributed by atoms with van der Waals surface area (Å²) >= 11 is 0. The van der Waals surface area contributed by atoms with Crippen LogP contribution in [0.2, 0.25) is 0 Å². The summed E-state index contributed by atoms with van der Waals surface area (Å²) < 4.78 is 44.0. The van der Waals surface area contributed by atoms with E-state index < -0.39 is 36.7 Å². The van der Waals surface area contributed by atoms with Crippen molar-refractivity contribution in [1.82, 2.24) is 0 Å². The lowest BCUT2D eigenvalue weighted by Gasteiger charge is -2.42. The molecule has 1 aliphatic carbocycles. The van der Waals surface area contributed by atoms with Crippen molar-refractivity contribution in [3.05, 3.63) is 10.1 Å². The van der Waals surface area contributed by atoms with Gasteiger partial charge in [-0.3, -0.25) is 10.1 Å². The second kappa shape index (κ2) is 12.6. The standard InChI is InChI=1S/C17H31NO10/c1-21-9-25-14-8-24-17(16(27-11-23-3)15(14)26-10-22-2)28-13-7-5-4-6-12(13)18(19)20/h12-17H,4-11H2,1-3H3/t12-,13+,14-,15+,16-,17?/m1/s1. The SMILES string of the molecule is COCO[C@H]1[C@H](OCOC)COC(O[C@H]2CCCC[C@H]2[N+](=O)[O-])[C@@H]1OCOC. The Morgan fingerprint density at radius 2 is 1.50 bits per heavy atom. The summed E-state index contributed by atoms with van der Waals surface area (Å²) in [6.07, 6.45) is -0.461. The fraction of sp³-hybridized carbons (Fsp3) is 1.00. The van der Waals surface area contributed by atoms with Crippen LogP contribution in [-0.2, 0) is 37.9 Å². The van der Waals surface area contributed by atoms with Gasteiger partial charge >= 0.3 is 0 Å². The fourth-order valence-electron chi connectivity index (χ4n) is 3.48. The van der Waals surface area contributed by atoms with Gasteiger partial charge in [-0.2, -0.15) is 0 Å². The minimum Gasteiger partial charge on any atom is -0.359 e. The van der Waals surface area contributed by atoms with Gasteiger partial charge in [0.2, 0.25) is 6.04 Å². The number of ether oxygens (including phenoxy) is 8. The first-order chi connectivity index (χ1) is 13.6. The second-order valence-electron chi connectivity index (χ2n) is 6.70. The average molecular weight is 409 g/mol. The van der Waals surface area contributed by atoms with Gasteiger partial charge in [-0.15, -0.1) is 0 Å². The van der Waals surface area contributed by atoms with E-state index in [9.17, 15) is 10.1 Å². The zero-order valence-corrected chi connectivity index (χ0v) is 16.7. The summed E-state index contributed by atoms with van der Waals surface area (Å²) in [7, 11) is 4.51. The van der Waals surface area contributed by atoms with Gasteiger partial charge in [0.15, 0.2) is 6.29 Å². The normalized spacial score (nSPS) is 33.7. The number of hydrogen-bond acceptors (Lipinski definition) is 10. The molecule has 1 heterocycles. The summed E-state index contributed by atoms with van der Waals surface area (Å²) in [6.45, 7) is 0.194. The van der Waals surface area contributed by atoms with E-state index in [2.05, 4.69) is 0 Å². The maximum Gasteiger partial charge on any atom is 0.238 e. The molecule has 1 aliphatic heterocycles. The molecule has 0 aromatic carbocycles. The monoisotopic (exact) mass is 409 g/mol. The summed E-state index contributed by atoms with van der Waals surface area (Å²) in [6, 6.07) is -0.763. The molecule has 11 nitrogen and oxygen atoms in total. The third-order valence-corrected chi connectivity index (χ3v) is 4.79. The maximum absolute atomic E-state index is 11.4. The predicted octanol–water partition coefficient (Wildman–Crippen LogP) is 0.915. The molecule has 0 N–H and O–H groups in total. The zero-order chi connectivity index (χ0) is 20.4. The van der Waals surface area contributed by atoms with Gasteiger partial charge in [0, 0.05) is 32.7 Å². The van der Waals surface area contributed by atoms with Crippen LogP contribution in [0.4, 0.5) is 0 Å². The molecule has 0 aromatic heterocycles. The lowest BCUT2D eigenvalue weighted by Crippen LogP contribution is -2.58. The smallest absolute Gasteiger partial charge is 0.238 e. The number of nitrogens with zero attached hydrogens (tertiary/aromatic N) is 1. The van der Waals surface area contributed by atoms with Crippen LogP contribution < -0.4 is 0 Å². The molecule has 0 aromatic rings. The lowest BCUT2D eigenvalue weighted by molar-refractivity contribution is -0.542. The van der Waals surface area contributed by atoms with Crippen molar-refractivity contribution in [3.8, 4) is 0 Å². The van der Waals surface area contributed by atoms with E-state index in [1.165, 1.54) is 21.3 Å². The molecular formula is C17H31NO10. The minimum atomic E-state index is -0.857. The largest absolute Gasteiger partial charge is 0.359 e. The third kappa shape index (κ3) is 6.56. The van der Waals surface area contributed by atoms with Crippen LogP contribution >= 0.6 is 0 Å². The minimum absolute atomic E-state index is 0.0119. The Hall–Kier alpha value is -0.920. The molecule has 6 atom stereocenters. The molecule has 1 unspecified atom stereocenters. The van der Waals surface area contributed by atoms with Crippen molar-refractivity contribution < 1.29 is 42.8 Å². The summed E-state index contributed by atoms with van der Waals surface area (Å²) in [4.78, 5) is 11.1. The summed E-state index contributed by atoms with van der Waals surface area (Å²) in [5.41, 5.74) is 0. The average Bonchev–Trinajstić information content (AvgIpc) is 2.70. The molecule has 0 radical (unpaired) electrons. The van der Waals surface area contributed by atoms with E-state index in [0.717, 1.165) is 12.8 Å². The number of rotatable bonds is 12. The molecule has 1 saturated carbocycles. The van der Waals surface area contributed by atoms with Gasteiger partial charge in [0.05, 0.1) is 6.61 Å². The van der Waals surface area contributed by atoms with Gasteiger partial charge in [-0.25, -0.2) is 0 Å². The zero-order valence-electron chi connectivity index (χ0n) is 16.7.